The second kappa shape index (κ2) is 2.26. The van der Waals surface area contributed by atoms with E-state index < -0.39 is 5.91 Å². The molecule has 1 amide bonds. The molecule has 0 aliphatic carbocycles. The molecular weight excluding hydrogens is 116 g/mol. The summed E-state index contributed by atoms with van der Waals surface area (Å²) in [5.41, 5.74) is 4.76. The monoisotopic (exact) mass is 125 g/mol. The summed E-state index contributed by atoms with van der Waals surface area (Å²) in [6.07, 6.45) is 0.704. The molecule has 0 bridgehead atoms. The highest BCUT2D eigenvalue weighted by Crippen LogP contribution is 1.91. The zero-order valence-electron chi connectivity index (χ0n) is 7.51. The fourth-order valence-corrected chi connectivity index (χ4v) is 0.382. The molecule has 0 atom stereocenters. The Morgan fingerprint density at radius 2 is 2.67 bits per heavy atom. The Morgan fingerprint density at radius 3 is 3.33 bits per heavy atom. The highest BCUT2D eigenvalue weighted by atomic mass is 16.1. The van der Waals surface area contributed by atoms with Crippen LogP contribution in [0.25, 0.3) is 0 Å². The molecule has 0 saturated carbocycles. The van der Waals surface area contributed by atoms with Gasteiger partial charge < -0.3 is 5.73 Å². The van der Waals surface area contributed by atoms with E-state index in [-0.39, 0.29) is 23.8 Å². The SMILES string of the molecule is [2H]c1ncc(C(N)=O)c([2H])c1[2H]. The van der Waals surface area contributed by atoms with E-state index in [1.807, 2.05) is 0 Å². The minimum Gasteiger partial charge on any atom is -0.366 e. The lowest BCUT2D eigenvalue weighted by atomic mass is 10.3. The average molecular weight is 125 g/mol. The number of hydrogen-bond donors (Lipinski definition) is 1. The Labute approximate surface area is 56.7 Å². The first kappa shape index (κ1) is 2.96. The third-order valence-electron chi connectivity index (χ3n) is 0.777. The zero-order valence-corrected chi connectivity index (χ0v) is 4.51. The van der Waals surface area contributed by atoms with Crippen LogP contribution in [0.3, 0.4) is 0 Å². The summed E-state index contributed by atoms with van der Waals surface area (Å²) >= 11 is 0. The minimum absolute atomic E-state index is 0.129. The van der Waals surface area contributed by atoms with Gasteiger partial charge >= 0.3 is 0 Å². The normalized spacial score (nSPS) is 13.6. The number of pyridine rings is 1. The third-order valence-corrected chi connectivity index (χ3v) is 0.777. The van der Waals surface area contributed by atoms with Crippen molar-refractivity contribution in [3.05, 3.63) is 30.0 Å². The minimum atomic E-state index is -0.805. The molecular formula is C6H6N2O. The summed E-state index contributed by atoms with van der Waals surface area (Å²) < 4.78 is 21.4. The van der Waals surface area contributed by atoms with Gasteiger partial charge in [0.15, 0.2) is 0 Å². The number of aromatic nitrogens is 1. The van der Waals surface area contributed by atoms with Crippen LogP contribution in [0.2, 0.25) is 0 Å². The van der Waals surface area contributed by atoms with E-state index in [0.29, 0.717) is 0 Å². The van der Waals surface area contributed by atoms with Crippen LogP contribution in [-0.2, 0) is 0 Å². The molecule has 0 saturated heterocycles. The van der Waals surface area contributed by atoms with E-state index in [4.69, 9.17) is 9.85 Å². The van der Waals surface area contributed by atoms with Gasteiger partial charge in [-0.1, -0.05) is 0 Å². The van der Waals surface area contributed by atoms with Gasteiger partial charge in [0.25, 0.3) is 0 Å². The van der Waals surface area contributed by atoms with Gasteiger partial charge in [-0.2, -0.15) is 0 Å². The highest BCUT2D eigenvalue weighted by Gasteiger charge is 1.94. The summed E-state index contributed by atoms with van der Waals surface area (Å²) in [5.74, 6) is -0.805. The summed E-state index contributed by atoms with van der Waals surface area (Å²) in [5, 5.41) is 0. The van der Waals surface area contributed by atoms with Gasteiger partial charge in [0.05, 0.1) is 9.68 Å². The number of amides is 1. The summed E-state index contributed by atoms with van der Waals surface area (Å²) in [4.78, 5) is 14.0. The summed E-state index contributed by atoms with van der Waals surface area (Å²) in [7, 11) is 0. The van der Waals surface area contributed by atoms with Crippen molar-refractivity contribution in [3.8, 4) is 0 Å². The fraction of sp³-hybridized carbons (Fsp3) is 0. The van der Waals surface area contributed by atoms with Gasteiger partial charge in [0.1, 0.15) is 0 Å². The topological polar surface area (TPSA) is 56.0 Å². The summed E-state index contributed by atoms with van der Waals surface area (Å²) in [6, 6.07) is -0.728. The fourth-order valence-electron chi connectivity index (χ4n) is 0.382. The molecule has 1 rings (SSSR count). The molecule has 0 aromatic carbocycles. The first-order valence-corrected chi connectivity index (χ1v) is 2.26. The van der Waals surface area contributed by atoms with Gasteiger partial charge in [-0.25, -0.2) is 0 Å². The van der Waals surface area contributed by atoms with Gasteiger partial charge in [-0.15, -0.1) is 0 Å². The third kappa shape index (κ3) is 1.25. The molecule has 2 N–H and O–H groups in total. The molecule has 1 heterocycles. The van der Waals surface area contributed by atoms with E-state index >= 15 is 0 Å². The van der Waals surface area contributed by atoms with Crippen molar-refractivity contribution < 1.29 is 8.91 Å². The molecule has 46 valence electrons. The molecule has 3 nitrogen and oxygen atoms in total. The Bertz CT molecular complexity index is 340. The van der Waals surface area contributed by atoms with Crippen LogP contribution in [0.15, 0.2) is 24.5 Å². The number of hydrogen-bond acceptors (Lipinski definition) is 2. The van der Waals surface area contributed by atoms with Crippen LogP contribution in [0, 0.1) is 0 Å². The second-order valence-corrected chi connectivity index (χ2v) is 1.40. The van der Waals surface area contributed by atoms with E-state index in [2.05, 4.69) is 4.98 Å². The van der Waals surface area contributed by atoms with Crippen LogP contribution in [-0.4, -0.2) is 10.9 Å². The first-order chi connectivity index (χ1) is 5.54. The molecule has 9 heavy (non-hydrogen) atoms. The van der Waals surface area contributed by atoms with E-state index in [0.717, 1.165) is 6.20 Å². The van der Waals surface area contributed by atoms with E-state index in [1.165, 1.54) is 0 Å². The summed E-state index contributed by atoms with van der Waals surface area (Å²) in [6.45, 7) is 0. The molecule has 0 unspecified atom stereocenters. The lowest BCUT2D eigenvalue weighted by Gasteiger charge is -1.88. The molecule has 0 spiro atoms. The van der Waals surface area contributed by atoms with E-state index in [9.17, 15) is 4.79 Å². The maximum absolute atomic E-state index is 10.6. The molecule has 0 radical (unpaired) electrons. The quantitative estimate of drug-likeness (QED) is 0.582. The smallest absolute Gasteiger partial charge is 0.250 e. The van der Waals surface area contributed by atoms with Crippen molar-refractivity contribution in [1.29, 1.82) is 0 Å². The molecule has 3 heteroatoms. The Kier molecular flexibility index (Phi) is 0.743. The number of rotatable bonds is 1. The van der Waals surface area contributed by atoms with Crippen LogP contribution >= 0.6 is 0 Å². The Morgan fingerprint density at radius 1 is 1.89 bits per heavy atom. The van der Waals surface area contributed by atoms with Crippen molar-refractivity contribution in [2.45, 2.75) is 0 Å². The van der Waals surface area contributed by atoms with Gasteiger partial charge in [0, 0.05) is 12.4 Å². The van der Waals surface area contributed by atoms with Crippen molar-refractivity contribution in [2.24, 2.45) is 5.73 Å². The largest absolute Gasteiger partial charge is 0.366 e. The lowest BCUT2D eigenvalue weighted by Crippen LogP contribution is -2.10. The van der Waals surface area contributed by atoms with Crippen molar-refractivity contribution >= 4 is 5.91 Å². The second-order valence-electron chi connectivity index (χ2n) is 1.40. The molecule has 0 fully saturated rings. The first-order valence-electron chi connectivity index (χ1n) is 3.76. The molecule has 1 aromatic heterocycles. The van der Waals surface area contributed by atoms with Crippen molar-refractivity contribution in [3.63, 3.8) is 0 Å². The van der Waals surface area contributed by atoms with E-state index in [1.54, 1.807) is 0 Å². The standard InChI is InChI=1S/C6H6N2O/c7-6(9)5-2-1-3-8-4-5/h1-4H,(H2,7,9)/i1D,2D,3D. The Balaban J connectivity index is 3.36. The maximum Gasteiger partial charge on any atom is 0.250 e. The van der Waals surface area contributed by atoms with Gasteiger partial charge in [-0.3, -0.25) is 9.78 Å². The zero-order chi connectivity index (χ0) is 9.30. The van der Waals surface area contributed by atoms with Crippen LogP contribution in [0.5, 0.6) is 0 Å². The number of primary amides is 1. The average Bonchev–Trinajstić information content (AvgIpc) is 2.00. The predicted molar refractivity (Wildman–Crippen MR) is 32.8 cm³/mol. The van der Waals surface area contributed by atoms with Crippen LogP contribution in [0.4, 0.5) is 0 Å². The number of nitrogens with two attached hydrogens (primary N) is 1. The lowest BCUT2D eigenvalue weighted by molar-refractivity contribution is 0.1000. The Hall–Kier alpha value is -1.38. The van der Waals surface area contributed by atoms with Crippen molar-refractivity contribution in [1.82, 2.24) is 4.98 Å². The maximum atomic E-state index is 10.6. The molecule has 0 aliphatic rings. The van der Waals surface area contributed by atoms with Gasteiger partial charge in [-0.05, 0) is 12.1 Å². The number of nitrogens with zero attached hydrogens (tertiary/aromatic N) is 1. The van der Waals surface area contributed by atoms with Crippen molar-refractivity contribution in [2.75, 3.05) is 0 Å². The number of carbonyl (C=O) groups is 1. The van der Waals surface area contributed by atoms with Crippen LogP contribution < -0.4 is 5.73 Å². The van der Waals surface area contributed by atoms with Gasteiger partial charge in [0.2, 0.25) is 5.91 Å². The predicted octanol–water partition coefficient (Wildman–Crippen LogP) is 0.181. The molecule has 1 aromatic rings. The van der Waals surface area contributed by atoms with Crippen LogP contribution in [0.1, 0.15) is 14.5 Å². The molecule has 0 aliphatic heterocycles. The number of carbonyl (C=O) groups excluding carboxylic acids is 1. The highest BCUT2D eigenvalue weighted by molar-refractivity contribution is 5.92.